The number of nitrogens with one attached hydrogen (secondary N) is 1. The topological polar surface area (TPSA) is 64.3 Å². The Bertz CT molecular complexity index is 355. The molecule has 0 bridgehead atoms. The Hall–Kier alpha value is -1.42. The molecule has 0 atom stereocenters. The number of hydrogen-bond donors (Lipinski definition) is 2. The first-order valence-electron chi connectivity index (χ1n) is 4.58. The van der Waals surface area contributed by atoms with Gasteiger partial charge in [0.2, 0.25) is 0 Å². The highest BCUT2D eigenvalue weighted by Crippen LogP contribution is 2.26. The van der Waals surface area contributed by atoms with Crippen LogP contribution in [-0.2, 0) is 4.79 Å². The summed E-state index contributed by atoms with van der Waals surface area (Å²) >= 11 is 5.84. The van der Waals surface area contributed by atoms with E-state index in [-0.39, 0.29) is 12.5 Å². The van der Waals surface area contributed by atoms with Gasteiger partial charge in [0, 0.05) is 18.3 Å². The smallest absolute Gasteiger partial charge is 0.257 e. The molecular weight excluding hydrogens is 216 g/mol. The molecule has 5 heteroatoms. The number of amides is 1. The minimum atomic E-state index is -0.184. The molecule has 15 heavy (non-hydrogen) atoms. The van der Waals surface area contributed by atoms with Crippen LogP contribution >= 0.6 is 11.6 Å². The van der Waals surface area contributed by atoms with Crippen molar-refractivity contribution in [3.63, 3.8) is 0 Å². The Morgan fingerprint density at radius 1 is 1.60 bits per heavy atom. The van der Waals surface area contributed by atoms with Crippen LogP contribution in [0.4, 0.5) is 5.69 Å². The van der Waals surface area contributed by atoms with E-state index in [1.165, 1.54) is 0 Å². The number of ether oxygens (including phenoxy) is 1. The maximum Gasteiger partial charge on any atom is 0.257 e. The largest absolute Gasteiger partial charge is 0.482 e. The maximum atomic E-state index is 11.1. The minimum absolute atomic E-state index is 0.0585. The Kier molecular flexibility index (Phi) is 4.24. The quantitative estimate of drug-likeness (QED) is 0.767. The molecule has 1 aromatic carbocycles. The van der Waals surface area contributed by atoms with Crippen molar-refractivity contribution in [2.24, 2.45) is 0 Å². The van der Waals surface area contributed by atoms with E-state index in [1.807, 2.05) is 6.92 Å². The second-order valence-corrected chi connectivity index (χ2v) is 3.34. The van der Waals surface area contributed by atoms with E-state index >= 15 is 0 Å². The lowest BCUT2D eigenvalue weighted by molar-refractivity contribution is -0.122. The molecule has 0 radical (unpaired) electrons. The van der Waals surface area contributed by atoms with Crippen LogP contribution in [0, 0.1) is 0 Å². The number of likely N-dealkylation sites (N-methyl/N-ethyl adjacent to an activating group) is 1. The summed E-state index contributed by atoms with van der Waals surface area (Å²) in [6.45, 7) is 2.36. The van der Waals surface area contributed by atoms with Crippen LogP contribution in [0.2, 0.25) is 5.02 Å². The molecule has 0 aliphatic heterocycles. The maximum absolute atomic E-state index is 11.1. The summed E-state index contributed by atoms with van der Waals surface area (Å²) in [6, 6.07) is 4.88. The van der Waals surface area contributed by atoms with Gasteiger partial charge in [0.25, 0.3) is 5.91 Å². The number of nitrogen functional groups attached to an aromatic ring is 1. The summed E-state index contributed by atoms with van der Waals surface area (Å²) in [7, 11) is 0. The molecule has 3 N–H and O–H groups in total. The van der Waals surface area contributed by atoms with Crippen LogP contribution in [0.25, 0.3) is 0 Å². The average molecular weight is 229 g/mol. The molecule has 0 fully saturated rings. The van der Waals surface area contributed by atoms with Crippen molar-refractivity contribution >= 4 is 23.2 Å². The first-order chi connectivity index (χ1) is 7.13. The SMILES string of the molecule is CCNC(=O)COc1cc(N)ccc1Cl. The van der Waals surface area contributed by atoms with Gasteiger partial charge >= 0.3 is 0 Å². The molecule has 0 aliphatic rings. The predicted octanol–water partition coefficient (Wildman–Crippen LogP) is 1.44. The average Bonchev–Trinajstić information content (AvgIpc) is 2.20. The second kappa shape index (κ2) is 5.46. The molecule has 0 heterocycles. The van der Waals surface area contributed by atoms with Gasteiger partial charge in [0.1, 0.15) is 5.75 Å². The van der Waals surface area contributed by atoms with E-state index in [0.717, 1.165) is 0 Å². The number of halogens is 1. The van der Waals surface area contributed by atoms with E-state index in [2.05, 4.69) is 5.32 Å². The van der Waals surface area contributed by atoms with Crippen molar-refractivity contribution in [2.45, 2.75) is 6.92 Å². The van der Waals surface area contributed by atoms with E-state index in [0.29, 0.717) is 23.0 Å². The number of carbonyl (C=O) groups excluding carboxylic acids is 1. The van der Waals surface area contributed by atoms with Crippen molar-refractivity contribution in [1.82, 2.24) is 5.32 Å². The van der Waals surface area contributed by atoms with Crippen LogP contribution < -0.4 is 15.8 Å². The fourth-order valence-corrected chi connectivity index (χ4v) is 1.19. The monoisotopic (exact) mass is 228 g/mol. The fourth-order valence-electron chi connectivity index (χ4n) is 1.02. The van der Waals surface area contributed by atoms with Gasteiger partial charge in [-0.2, -0.15) is 0 Å². The zero-order valence-corrected chi connectivity index (χ0v) is 9.17. The van der Waals surface area contributed by atoms with Crippen LogP contribution in [0.15, 0.2) is 18.2 Å². The van der Waals surface area contributed by atoms with Crippen molar-refractivity contribution < 1.29 is 9.53 Å². The van der Waals surface area contributed by atoms with Crippen molar-refractivity contribution in [3.8, 4) is 5.75 Å². The number of anilines is 1. The summed E-state index contributed by atoms with van der Waals surface area (Å²) < 4.78 is 5.21. The standard InChI is InChI=1S/C10H13ClN2O2/c1-2-13-10(14)6-15-9-5-7(12)3-4-8(9)11/h3-5H,2,6,12H2,1H3,(H,13,14). The van der Waals surface area contributed by atoms with Crippen molar-refractivity contribution in [3.05, 3.63) is 23.2 Å². The van der Waals surface area contributed by atoms with Crippen LogP contribution in [0.1, 0.15) is 6.92 Å². The lowest BCUT2D eigenvalue weighted by Crippen LogP contribution is -2.28. The van der Waals surface area contributed by atoms with E-state index in [1.54, 1.807) is 18.2 Å². The summed E-state index contributed by atoms with van der Waals surface area (Å²) in [4.78, 5) is 11.1. The molecular formula is C10H13ClN2O2. The molecule has 0 saturated carbocycles. The highest BCUT2D eigenvalue weighted by molar-refractivity contribution is 6.32. The molecule has 1 rings (SSSR count). The Morgan fingerprint density at radius 3 is 3.00 bits per heavy atom. The van der Waals surface area contributed by atoms with Crippen molar-refractivity contribution in [2.75, 3.05) is 18.9 Å². The van der Waals surface area contributed by atoms with Gasteiger partial charge in [0.15, 0.2) is 6.61 Å². The number of benzene rings is 1. The number of nitrogens with two attached hydrogens (primary N) is 1. The van der Waals surface area contributed by atoms with Crippen LogP contribution in [0.5, 0.6) is 5.75 Å². The van der Waals surface area contributed by atoms with Gasteiger partial charge in [-0.1, -0.05) is 11.6 Å². The summed E-state index contributed by atoms with van der Waals surface area (Å²) in [5.41, 5.74) is 6.10. The highest BCUT2D eigenvalue weighted by Gasteiger charge is 2.05. The molecule has 1 amide bonds. The van der Waals surface area contributed by atoms with Gasteiger partial charge < -0.3 is 15.8 Å². The van der Waals surface area contributed by atoms with Gasteiger partial charge in [-0.25, -0.2) is 0 Å². The molecule has 82 valence electrons. The third-order valence-electron chi connectivity index (χ3n) is 1.69. The van der Waals surface area contributed by atoms with Crippen molar-refractivity contribution in [1.29, 1.82) is 0 Å². The molecule has 0 aromatic heterocycles. The fraction of sp³-hybridized carbons (Fsp3) is 0.300. The summed E-state index contributed by atoms with van der Waals surface area (Å²) in [6.07, 6.45) is 0. The molecule has 1 aromatic rings. The first kappa shape index (κ1) is 11.7. The second-order valence-electron chi connectivity index (χ2n) is 2.93. The Balaban J connectivity index is 2.57. The summed E-state index contributed by atoms with van der Waals surface area (Å²) in [5.74, 6) is 0.235. The first-order valence-corrected chi connectivity index (χ1v) is 4.95. The Labute approximate surface area is 93.4 Å². The predicted molar refractivity (Wildman–Crippen MR) is 60.0 cm³/mol. The van der Waals surface area contributed by atoms with Crippen LogP contribution in [0.3, 0.4) is 0 Å². The number of rotatable bonds is 4. The molecule has 0 saturated heterocycles. The van der Waals surface area contributed by atoms with Gasteiger partial charge in [-0.15, -0.1) is 0 Å². The van der Waals surface area contributed by atoms with Gasteiger partial charge in [0.05, 0.1) is 5.02 Å². The minimum Gasteiger partial charge on any atom is -0.482 e. The van der Waals surface area contributed by atoms with E-state index in [9.17, 15) is 4.79 Å². The number of hydrogen-bond acceptors (Lipinski definition) is 3. The zero-order chi connectivity index (χ0) is 11.3. The Morgan fingerprint density at radius 2 is 2.33 bits per heavy atom. The normalized spacial score (nSPS) is 9.73. The molecule has 0 aliphatic carbocycles. The van der Waals surface area contributed by atoms with Gasteiger partial charge in [-0.05, 0) is 19.1 Å². The van der Waals surface area contributed by atoms with Gasteiger partial charge in [-0.3, -0.25) is 4.79 Å². The zero-order valence-electron chi connectivity index (χ0n) is 8.42. The third-order valence-corrected chi connectivity index (χ3v) is 2.00. The number of carbonyl (C=O) groups is 1. The van der Waals surface area contributed by atoms with E-state index in [4.69, 9.17) is 22.1 Å². The highest BCUT2D eigenvalue weighted by atomic mass is 35.5. The molecule has 4 nitrogen and oxygen atoms in total. The summed E-state index contributed by atoms with van der Waals surface area (Å²) in [5, 5.41) is 3.05. The van der Waals surface area contributed by atoms with E-state index < -0.39 is 0 Å². The van der Waals surface area contributed by atoms with Crippen LogP contribution in [-0.4, -0.2) is 19.1 Å². The third kappa shape index (κ3) is 3.67. The lowest BCUT2D eigenvalue weighted by atomic mass is 10.3. The molecule has 0 unspecified atom stereocenters. The molecule has 0 spiro atoms. The lowest BCUT2D eigenvalue weighted by Gasteiger charge is -2.08.